The van der Waals surface area contributed by atoms with Crippen LogP contribution in [0.5, 0.6) is 0 Å². The van der Waals surface area contributed by atoms with E-state index in [0.29, 0.717) is 6.42 Å². The molecule has 1 unspecified atom stereocenters. The van der Waals surface area contributed by atoms with Crippen LogP contribution in [0.15, 0.2) is 18.2 Å². The number of hydrazine groups is 1. The smallest absolute Gasteiger partial charge is 0.316 e. The molecule has 1 aromatic carbocycles. The Morgan fingerprint density at radius 3 is 2.58 bits per heavy atom. The number of sulfone groups is 1. The first-order chi connectivity index (χ1) is 8.93. The highest BCUT2D eigenvalue weighted by Crippen LogP contribution is 2.33. The van der Waals surface area contributed by atoms with Crippen molar-refractivity contribution >= 4 is 26.9 Å². The molecule has 1 saturated heterocycles. The molecular weight excluding hydrogens is 272 g/mol. The highest BCUT2D eigenvalue weighted by atomic mass is 32.2. The molecule has 1 atom stereocenters. The number of nitrogens with two attached hydrogens (primary N) is 1. The standard InChI is InChI=1S/C10H14N4O4S/c11-13-9-3-1-2-8(10(9)14(15)16)12-7-4-5-19(17,18)6-7/h1-3,7,12-13H,4-6,11H2. The van der Waals surface area contributed by atoms with Crippen molar-refractivity contribution < 1.29 is 13.3 Å². The second-order valence-electron chi connectivity index (χ2n) is 4.35. The fourth-order valence-corrected chi connectivity index (χ4v) is 3.78. The lowest BCUT2D eigenvalue weighted by Gasteiger charge is -2.14. The number of hydrogen-bond donors (Lipinski definition) is 3. The van der Waals surface area contributed by atoms with E-state index in [1.807, 2.05) is 0 Å². The van der Waals surface area contributed by atoms with Gasteiger partial charge in [0.25, 0.3) is 0 Å². The van der Waals surface area contributed by atoms with E-state index in [2.05, 4.69) is 10.7 Å². The third-order valence-electron chi connectivity index (χ3n) is 2.97. The highest BCUT2D eigenvalue weighted by Gasteiger charge is 2.30. The average molecular weight is 286 g/mol. The van der Waals surface area contributed by atoms with E-state index in [0.717, 1.165) is 0 Å². The summed E-state index contributed by atoms with van der Waals surface area (Å²) in [5, 5.41) is 14.0. The van der Waals surface area contributed by atoms with Gasteiger partial charge < -0.3 is 10.7 Å². The molecule has 0 spiro atoms. The monoisotopic (exact) mass is 286 g/mol. The van der Waals surface area contributed by atoms with E-state index >= 15 is 0 Å². The molecule has 1 aromatic rings. The van der Waals surface area contributed by atoms with E-state index < -0.39 is 14.8 Å². The fraction of sp³-hybridized carbons (Fsp3) is 0.400. The van der Waals surface area contributed by atoms with Gasteiger partial charge in [0.15, 0.2) is 9.84 Å². The number of nitrogens with one attached hydrogen (secondary N) is 2. The van der Waals surface area contributed by atoms with E-state index in [1.165, 1.54) is 12.1 Å². The van der Waals surface area contributed by atoms with E-state index in [9.17, 15) is 18.5 Å². The Kier molecular flexibility index (Phi) is 3.58. The average Bonchev–Trinajstić information content (AvgIpc) is 2.68. The zero-order valence-electron chi connectivity index (χ0n) is 10.00. The minimum atomic E-state index is -3.04. The predicted molar refractivity (Wildman–Crippen MR) is 71.6 cm³/mol. The Bertz CT molecular complexity index is 602. The zero-order chi connectivity index (χ0) is 14.0. The van der Waals surface area contributed by atoms with Gasteiger partial charge in [0.1, 0.15) is 11.4 Å². The number of anilines is 2. The van der Waals surface area contributed by atoms with Crippen LogP contribution in [0.2, 0.25) is 0 Å². The molecule has 19 heavy (non-hydrogen) atoms. The second-order valence-corrected chi connectivity index (χ2v) is 6.58. The molecule has 1 heterocycles. The summed E-state index contributed by atoms with van der Waals surface area (Å²) in [7, 11) is -3.04. The first-order valence-electron chi connectivity index (χ1n) is 5.64. The Labute approximate surface area is 110 Å². The van der Waals surface area contributed by atoms with E-state index in [4.69, 9.17) is 5.84 Å². The molecule has 104 valence electrons. The molecule has 0 radical (unpaired) electrons. The molecule has 1 aliphatic rings. The summed E-state index contributed by atoms with van der Waals surface area (Å²) in [6.45, 7) is 0. The Hall–Kier alpha value is -1.87. The normalized spacial score (nSPS) is 21.0. The molecule has 1 fully saturated rings. The SMILES string of the molecule is NNc1cccc(NC2CCS(=O)(=O)C2)c1[N+](=O)[O-]. The Balaban J connectivity index is 2.28. The summed E-state index contributed by atoms with van der Waals surface area (Å²) in [6.07, 6.45) is 0.444. The van der Waals surface area contributed by atoms with Gasteiger partial charge in [-0.1, -0.05) is 6.07 Å². The molecule has 9 heteroatoms. The van der Waals surface area contributed by atoms with Crippen LogP contribution in [0.3, 0.4) is 0 Å². The lowest BCUT2D eigenvalue weighted by atomic mass is 10.2. The minimum Gasteiger partial charge on any atom is -0.376 e. The van der Waals surface area contributed by atoms with Crippen molar-refractivity contribution in [1.29, 1.82) is 0 Å². The number of nitro benzene ring substituents is 1. The van der Waals surface area contributed by atoms with Gasteiger partial charge in [-0.25, -0.2) is 8.42 Å². The fourth-order valence-electron chi connectivity index (χ4n) is 2.10. The quantitative estimate of drug-likeness (QED) is 0.417. The molecule has 2 rings (SSSR count). The molecule has 0 aromatic heterocycles. The van der Waals surface area contributed by atoms with Crippen molar-refractivity contribution in [3.8, 4) is 0 Å². The van der Waals surface area contributed by atoms with Crippen molar-refractivity contribution in [3.63, 3.8) is 0 Å². The first-order valence-corrected chi connectivity index (χ1v) is 7.46. The molecule has 0 saturated carbocycles. The first kappa shape index (κ1) is 13.6. The van der Waals surface area contributed by atoms with Gasteiger partial charge >= 0.3 is 5.69 Å². The van der Waals surface area contributed by atoms with Gasteiger partial charge in [-0.3, -0.25) is 16.0 Å². The van der Waals surface area contributed by atoms with Crippen LogP contribution in [0.25, 0.3) is 0 Å². The summed E-state index contributed by atoms with van der Waals surface area (Å²) < 4.78 is 22.7. The van der Waals surface area contributed by atoms with Crippen molar-refractivity contribution in [1.82, 2.24) is 0 Å². The molecule has 8 nitrogen and oxygen atoms in total. The van der Waals surface area contributed by atoms with Crippen LogP contribution >= 0.6 is 0 Å². The van der Waals surface area contributed by atoms with Crippen molar-refractivity contribution in [2.75, 3.05) is 22.2 Å². The van der Waals surface area contributed by atoms with Gasteiger partial charge in [-0.05, 0) is 18.6 Å². The Morgan fingerprint density at radius 2 is 2.05 bits per heavy atom. The number of para-hydroxylation sites is 1. The molecule has 0 aliphatic carbocycles. The van der Waals surface area contributed by atoms with Crippen LogP contribution < -0.4 is 16.6 Å². The maximum atomic E-state index is 11.4. The highest BCUT2D eigenvalue weighted by molar-refractivity contribution is 7.91. The number of nitrogen functional groups attached to an aromatic ring is 1. The van der Waals surface area contributed by atoms with Crippen molar-refractivity contribution in [3.05, 3.63) is 28.3 Å². The van der Waals surface area contributed by atoms with E-state index in [1.54, 1.807) is 6.07 Å². The lowest BCUT2D eigenvalue weighted by molar-refractivity contribution is -0.383. The summed E-state index contributed by atoms with van der Waals surface area (Å²) in [6, 6.07) is 4.31. The van der Waals surface area contributed by atoms with Crippen LogP contribution in [0.4, 0.5) is 17.1 Å². The van der Waals surface area contributed by atoms with Crippen molar-refractivity contribution in [2.45, 2.75) is 12.5 Å². The minimum absolute atomic E-state index is 0.00949. The molecule has 1 aliphatic heterocycles. The lowest BCUT2D eigenvalue weighted by Crippen LogP contribution is -2.21. The molecule has 0 bridgehead atoms. The molecule has 0 amide bonds. The summed E-state index contributed by atoms with van der Waals surface area (Å²) in [5.41, 5.74) is 2.52. The maximum Gasteiger partial charge on any atom is 0.316 e. The number of rotatable bonds is 4. The third-order valence-corrected chi connectivity index (χ3v) is 4.73. The predicted octanol–water partition coefficient (Wildman–Crippen LogP) is 0.479. The van der Waals surface area contributed by atoms with Crippen LogP contribution in [-0.2, 0) is 9.84 Å². The molecular formula is C10H14N4O4S. The van der Waals surface area contributed by atoms with Gasteiger partial charge in [0.05, 0.1) is 16.4 Å². The van der Waals surface area contributed by atoms with Crippen molar-refractivity contribution in [2.24, 2.45) is 5.84 Å². The van der Waals surface area contributed by atoms with E-state index in [-0.39, 0.29) is 34.6 Å². The topological polar surface area (TPSA) is 127 Å². The largest absolute Gasteiger partial charge is 0.376 e. The van der Waals surface area contributed by atoms with Gasteiger partial charge in [-0.15, -0.1) is 0 Å². The van der Waals surface area contributed by atoms with Crippen LogP contribution in [0.1, 0.15) is 6.42 Å². The number of benzene rings is 1. The van der Waals surface area contributed by atoms with Gasteiger partial charge in [-0.2, -0.15) is 0 Å². The van der Waals surface area contributed by atoms with Crippen LogP contribution in [0, 0.1) is 10.1 Å². The summed E-state index contributed by atoms with van der Waals surface area (Å²) in [5.74, 6) is 5.33. The Morgan fingerprint density at radius 1 is 1.37 bits per heavy atom. The number of nitro groups is 1. The second kappa shape index (κ2) is 5.02. The van der Waals surface area contributed by atoms with Crippen LogP contribution in [-0.4, -0.2) is 30.9 Å². The summed E-state index contributed by atoms with van der Waals surface area (Å²) in [4.78, 5) is 10.5. The maximum absolute atomic E-state index is 11.4. The zero-order valence-corrected chi connectivity index (χ0v) is 10.8. The third kappa shape index (κ3) is 2.93. The van der Waals surface area contributed by atoms with Gasteiger partial charge in [0, 0.05) is 6.04 Å². The number of nitrogens with zero attached hydrogens (tertiary/aromatic N) is 1. The van der Waals surface area contributed by atoms with Gasteiger partial charge in [0.2, 0.25) is 0 Å². The molecule has 4 N–H and O–H groups in total. The number of hydrogen-bond acceptors (Lipinski definition) is 7. The summed E-state index contributed by atoms with van der Waals surface area (Å²) >= 11 is 0.